The smallest absolute Gasteiger partial charge is 0.259 e. The highest BCUT2D eigenvalue weighted by molar-refractivity contribution is 5.85. The Morgan fingerprint density at radius 1 is 1.15 bits per heavy atom. The van der Waals surface area contributed by atoms with Crippen molar-refractivity contribution in [2.75, 3.05) is 11.1 Å². The molecule has 0 aliphatic heterocycles. The van der Waals surface area contributed by atoms with E-state index in [1.165, 1.54) is 0 Å². The fourth-order valence-electron chi connectivity index (χ4n) is 2.46. The number of imidazole rings is 1. The molecule has 27 heavy (non-hydrogen) atoms. The van der Waals surface area contributed by atoms with Gasteiger partial charge in [-0.3, -0.25) is 0 Å². The molecule has 4 N–H and O–H groups in total. The van der Waals surface area contributed by atoms with E-state index >= 15 is 0 Å². The number of benzene rings is 1. The van der Waals surface area contributed by atoms with Gasteiger partial charge in [-0.25, -0.2) is 4.98 Å². The van der Waals surface area contributed by atoms with Gasteiger partial charge in [0.25, 0.3) is 5.88 Å². The van der Waals surface area contributed by atoms with Crippen molar-refractivity contribution in [3.8, 4) is 11.6 Å². The van der Waals surface area contributed by atoms with Crippen LogP contribution in [0.25, 0.3) is 11.2 Å². The maximum Gasteiger partial charge on any atom is 0.259 e. The van der Waals surface area contributed by atoms with Crippen molar-refractivity contribution < 1.29 is 9.26 Å². The molecule has 0 aliphatic rings. The Balaban J connectivity index is 1.50. The van der Waals surface area contributed by atoms with Crippen LogP contribution in [0, 0.1) is 0 Å². The fourth-order valence-corrected chi connectivity index (χ4v) is 2.46. The first-order chi connectivity index (χ1) is 12.9. The van der Waals surface area contributed by atoms with E-state index in [1.807, 2.05) is 45.0 Å². The van der Waals surface area contributed by atoms with E-state index in [2.05, 4.69) is 30.4 Å². The van der Waals surface area contributed by atoms with Gasteiger partial charge in [-0.05, 0) is 29.4 Å². The van der Waals surface area contributed by atoms with E-state index in [0.29, 0.717) is 28.6 Å². The molecule has 0 spiro atoms. The molecule has 0 aliphatic carbocycles. The standard InChI is InChI=1S/C18H19N7O2/c1-18(2,3)12-8-13(25-27-12)26-11-6-4-10(5-7-11)22-16-14-15(21-9-20-14)23-17(19)24-16/h4-9H,1-3H3,(H4,19,20,21,22,23,24). The second-order valence-electron chi connectivity index (χ2n) is 7.06. The molecule has 0 saturated carbocycles. The van der Waals surface area contributed by atoms with E-state index in [4.69, 9.17) is 15.0 Å². The van der Waals surface area contributed by atoms with Crippen molar-refractivity contribution in [2.24, 2.45) is 0 Å². The van der Waals surface area contributed by atoms with Crippen LogP contribution in [-0.2, 0) is 5.41 Å². The molecule has 138 valence electrons. The normalized spacial score (nSPS) is 11.7. The Morgan fingerprint density at radius 2 is 1.93 bits per heavy atom. The van der Waals surface area contributed by atoms with Crippen molar-refractivity contribution in [3.05, 3.63) is 42.4 Å². The minimum Gasteiger partial charge on any atom is -0.436 e. The minimum absolute atomic E-state index is 0.125. The van der Waals surface area contributed by atoms with Crippen LogP contribution in [0.1, 0.15) is 26.5 Å². The number of aromatic amines is 1. The highest BCUT2D eigenvalue weighted by atomic mass is 16.5. The number of anilines is 3. The molecule has 0 radical (unpaired) electrons. The Morgan fingerprint density at radius 3 is 2.63 bits per heavy atom. The number of nitrogens with two attached hydrogens (primary N) is 1. The Labute approximate surface area is 155 Å². The van der Waals surface area contributed by atoms with Crippen LogP contribution in [0.15, 0.2) is 41.2 Å². The number of fused-ring (bicyclic) bond motifs is 1. The summed E-state index contributed by atoms with van der Waals surface area (Å²) in [6.07, 6.45) is 1.55. The van der Waals surface area contributed by atoms with Crippen molar-refractivity contribution in [3.63, 3.8) is 0 Å². The first kappa shape index (κ1) is 16.8. The largest absolute Gasteiger partial charge is 0.436 e. The molecular formula is C18H19N7O2. The van der Waals surface area contributed by atoms with Gasteiger partial charge in [0.1, 0.15) is 17.0 Å². The van der Waals surface area contributed by atoms with Gasteiger partial charge in [-0.2, -0.15) is 9.97 Å². The number of hydrogen-bond acceptors (Lipinski definition) is 8. The van der Waals surface area contributed by atoms with Crippen LogP contribution in [-0.4, -0.2) is 25.1 Å². The zero-order valence-electron chi connectivity index (χ0n) is 15.1. The summed E-state index contributed by atoms with van der Waals surface area (Å²) in [6, 6.07) is 9.16. The van der Waals surface area contributed by atoms with Gasteiger partial charge in [0, 0.05) is 17.2 Å². The van der Waals surface area contributed by atoms with Gasteiger partial charge in [0.05, 0.1) is 6.33 Å². The zero-order valence-corrected chi connectivity index (χ0v) is 15.1. The quantitative estimate of drug-likeness (QED) is 0.499. The van der Waals surface area contributed by atoms with Crippen LogP contribution >= 0.6 is 0 Å². The molecule has 1 aromatic carbocycles. The molecule has 4 rings (SSSR count). The highest BCUT2D eigenvalue weighted by Gasteiger charge is 2.20. The van der Waals surface area contributed by atoms with E-state index in [-0.39, 0.29) is 11.4 Å². The number of ether oxygens (including phenoxy) is 1. The molecule has 4 aromatic rings. The molecule has 9 heteroatoms. The minimum atomic E-state index is -0.125. The summed E-state index contributed by atoms with van der Waals surface area (Å²) in [7, 11) is 0. The highest BCUT2D eigenvalue weighted by Crippen LogP contribution is 2.29. The van der Waals surface area contributed by atoms with Crippen LogP contribution in [0.5, 0.6) is 11.6 Å². The molecule has 0 fully saturated rings. The van der Waals surface area contributed by atoms with Gasteiger partial charge in [-0.1, -0.05) is 20.8 Å². The maximum atomic E-state index is 5.74. The van der Waals surface area contributed by atoms with Gasteiger partial charge in [0.15, 0.2) is 11.5 Å². The summed E-state index contributed by atoms with van der Waals surface area (Å²) >= 11 is 0. The summed E-state index contributed by atoms with van der Waals surface area (Å²) in [5, 5.41) is 7.15. The predicted octanol–water partition coefficient (Wildman–Crippen LogP) is 3.76. The Hall–Kier alpha value is -3.62. The second kappa shape index (κ2) is 6.27. The number of aromatic nitrogens is 5. The first-order valence-corrected chi connectivity index (χ1v) is 8.37. The zero-order chi connectivity index (χ0) is 19.0. The van der Waals surface area contributed by atoms with Crippen molar-refractivity contribution >= 4 is 28.6 Å². The average Bonchev–Trinajstić information content (AvgIpc) is 3.25. The summed E-state index contributed by atoms with van der Waals surface area (Å²) < 4.78 is 11.1. The number of hydrogen-bond donors (Lipinski definition) is 3. The third kappa shape index (κ3) is 3.52. The number of nitrogens with one attached hydrogen (secondary N) is 2. The lowest BCUT2D eigenvalue weighted by Gasteiger charge is -2.11. The van der Waals surface area contributed by atoms with Gasteiger partial charge in [0.2, 0.25) is 5.95 Å². The predicted molar refractivity (Wildman–Crippen MR) is 101 cm³/mol. The summed E-state index contributed by atoms with van der Waals surface area (Å²) in [5.74, 6) is 2.53. The van der Waals surface area contributed by atoms with Gasteiger partial charge >= 0.3 is 0 Å². The number of nitrogen functional groups attached to an aromatic ring is 1. The monoisotopic (exact) mass is 365 g/mol. The molecule has 0 atom stereocenters. The van der Waals surface area contributed by atoms with Crippen molar-refractivity contribution in [1.29, 1.82) is 0 Å². The topological polar surface area (TPSA) is 128 Å². The van der Waals surface area contributed by atoms with Crippen LogP contribution < -0.4 is 15.8 Å². The lowest BCUT2D eigenvalue weighted by molar-refractivity contribution is 0.311. The summed E-state index contributed by atoms with van der Waals surface area (Å²) in [6.45, 7) is 6.15. The van der Waals surface area contributed by atoms with Crippen LogP contribution in [0.3, 0.4) is 0 Å². The van der Waals surface area contributed by atoms with E-state index in [0.717, 1.165) is 11.4 Å². The van der Waals surface area contributed by atoms with Crippen LogP contribution in [0.4, 0.5) is 17.5 Å². The fraction of sp³-hybridized carbons (Fsp3) is 0.222. The third-order valence-corrected chi connectivity index (χ3v) is 3.87. The average molecular weight is 365 g/mol. The lowest BCUT2D eigenvalue weighted by Crippen LogP contribution is -2.09. The second-order valence-corrected chi connectivity index (χ2v) is 7.06. The molecule has 9 nitrogen and oxygen atoms in total. The molecule has 0 unspecified atom stereocenters. The van der Waals surface area contributed by atoms with Gasteiger partial charge in [-0.15, -0.1) is 0 Å². The molecule has 3 heterocycles. The van der Waals surface area contributed by atoms with E-state index < -0.39 is 0 Å². The van der Waals surface area contributed by atoms with Gasteiger partial charge < -0.3 is 25.3 Å². The summed E-state index contributed by atoms with van der Waals surface area (Å²) in [5.41, 5.74) is 7.60. The molecule has 0 saturated heterocycles. The third-order valence-electron chi connectivity index (χ3n) is 3.87. The molecule has 3 aromatic heterocycles. The maximum absolute atomic E-state index is 5.74. The number of nitrogens with zero attached hydrogens (tertiary/aromatic N) is 4. The van der Waals surface area contributed by atoms with Crippen molar-refractivity contribution in [1.82, 2.24) is 25.1 Å². The molecule has 0 bridgehead atoms. The lowest BCUT2D eigenvalue weighted by atomic mass is 9.94. The molecular weight excluding hydrogens is 346 g/mol. The summed E-state index contributed by atoms with van der Waals surface area (Å²) in [4.78, 5) is 15.4. The number of rotatable bonds is 4. The van der Waals surface area contributed by atoms with Crippen molar-refractivity contribution in [2.45, 2.75) is 26.2 Å². The Bertz CT molecular complexity index is 1080. The SMILES string of the molecule is CC(C)(C)c1cc(Oc2ccc(Nc3nc(N)nc4nc[nH]c34)cc2)no1. The van der Waals surface area contributed by atoms with E-state index in [9.17, 15) is 0 Å². The Kier molecular flexibility index (Phi) is 3.91. The van der Waals surface area contributed by atoms with Crippen LogP contribution in [0.2, 0.25) is 0 Å². The van der Waals surface area contributed by atoms with E-state index in [1.54, 1.807) is 12.4 Å². The molecule has 0 amide bonds. The number of H-pyrrole nitrogens is 1. The first-order valence-electron chi connectivity index (χ1n) is 8.37.